The van der Waals surface area contributed by atoms with Crippen LogP contribution in [0.25, 0.3) is 0 Å². The summed E-state index contributed by atoms with van der Waals surface area (Å²) in [4.78, 5) is 0. The first-order valence-electron chi connectivity index (χ1n) is 6.78. The van der Waals surface area contributed by atoms with Crippen LogP contribution in [0, 0.1) is 17.2 Å². The van der Waals surface area contributed by atoms with E-state index in [2.05, 4.69) is 56.4 Å². The van der Waals surface area contributed by atoms with E-state index in [0.717, 1.165) is 19.3 Å². The first-order valence-corrected chi connectivity index (χ1v) is 6.78. The Bertz CT molecular complexity index is 451. The molecular formula is C16H22N2. The van der Waals surface area contributed by atoms with Crippen LogP contribution in [0.5, 0.6) is 0 Å². The van der Waals surface area contributed by atoms with Gasteiger partial charge < -0.3 is 5.32 Å². The van der Waals surface area contributed by atoms with Crippen molar-refractivity contribution in [3.8, 4) is 6.07 Å². The van der Waals surface area contributed by atoms with Gasteiger partial charge in [-0.3, -0.25) is 0 Å². The van der Waals surface area contributed by atoms with Crippen LogP contribution in [-0.2, 0) is 5.41 Å². The number of benzene rings is 1. The molecule has 0 aliphatic heterocycles. The van der Waals surface area contributed by atoms with Crippen LogP contribution in [0.3, 0.4) is 0 Å². The minimum atomic E-state index is 0.129. The van der Waals surface area contributed by atoms with E-state index < -0.39 is 0 Å². The molecule has 2 atom stereocenters. The molecule has 1 N–H and O–H groups in total. The minimum Gasteiger partial charge on any atom is -0.381 e. The van der Waals surface area contributed by atoms with E-state index in [1.807, 2.05) is 0 Å². The lowest BCUT2D eigenvalue weighted by Gasteiger charge is -2.26. The van der Waals surface area contributed by atoms with Gasteiger partial charge in [-0.2, -0.15) is 5.26 Å². The first-order chi connectivity index (χ1) is 8.52. The molecular weight excluding hydrogens is 220 g/mol. The molecule has 1 saturated carbocycles. The molecule has 2 unspecified atom stereocenters. The molecule has 96 valence electrons. The number of nitrogens with one attached hydrogen (secondary N) is 1. The third-order valence-corrected chi connectivity index (χ3v) is 3.76. The van der Waals surface area contributed by atoms with Gasteiger partial charge in [0.05, 0.1) is 12.0 Å². The molecule has 1 aliphatic rings. The molecule has 0 aromatic heterocycles. The molecule has 1 fully saturated rings. The highest BCUT2D eigenvalue weighted by atomic mass is 14.9. The van der Waals surface area contributed by atoms with Crippen LogP contribution in [0.15, 0.2) is 24.3 Å². The van der Waals surface area contributed by atoms with Crippen LogP contribution in [0.4, 0.5) is 5.69 Å². The van der Waals surface area contributed by atoms with Crippen molar-refractivity contribution < 1.29 is 0 Å². The number of nitrogens with zero attached hydrogens (tertiary/aromatic N) is 1. The van der Waals surface area contributed by atoms with Crippen LogP contribution in [0.2, 0.25) is 0 Å². The Morgan fingerprint density at radius 1 is 1.22 bits per heavy atom. The number of rotatable bonds is 2. The Hall–Kier alpha value is -1.49. The molecule has 2 heteroatoms. The van der Waals surface area contributed by atoms with Gasteiger partial charge in [-0.05, 0) is 36.3 Å². The van der Waals surface area contributed by atoms with E-state index in [-0.39, 0.29) is 11.3 Å². The van der Waals surface area contributed by atoms with Crippen molar-refractivity contribution in [1.82, 2.24) is 0 Å². The highest BCUT2D eigenvalue weighted by Gasteiger charge is 2.28. The molecule has 0 spiro atoms. The van der Waals surface area contributed by atoms with Crippen molar-refractivity contribution in [2.45, 2.75) is 51.5 Å². The monoisotopic (exact) mass is 242 g/mol. The molecule has 1 aliphatic carbocycles. The second-order valence-corrected chi connectivity index (χ2v) is 6.21. The Morgan fingerprint density at radius 2 is 1.94 bits per heavy atom. The van der Waals surface area contributed by atoms with Gasteiger partial charge in [0.2, 0.25) is 0 Å². The van der Waals surface area contributed by atoms with E-state index in [4.69, 9.17) is 5.26 Å². The average Bonchev–Trinajstić information content (AvgIpc) is 2.75. The van der Waals surface area contributed by atoms with Crippen molar-refractivity contribution in [1.29, 1.82) is 5.26 Å². The van der Waals surface area contributed by atoms with E-state index in [1.54, 1.807) is 0 Å². The maximum absolute atomic E-state index is 9.15. The molecule has 0 heterocycles. The molecule has 0 amide bonds. The summed E-state index contributed by atoms with van der Waals surface area (Å²) >= 11 is 0. The number of para-hydroxylation sites is 1. The van der Waals surface area contributed by atoms with Gasteiger partial charge in [-0.25, -0.2) is 0 Å². The zero-order chi connectivity index (χ0) is 13.2. The fourth-order valence-corrected chi connectivity index (χ4v) is 2.75. The maximum Gasteiger partial charge on any atom is 0.0677 e. The van der Waals surface area contributed by atoms with E-state index in [9.17, 15) is 0 Å². The van der Waals surface area contributed by atoms with Gasteiger partial charge in [0.15, 0.2) is 0 Å². The molecule has 0 saturated heterocycles. The quantitative estimate of drug-likeness (QED) is 0.848. The first kappa shape index (κ1) is 13.0. The zero-order valence-electron chi connectivity index (χ0n) is 11.5. The number of anilines is 1. The Kier molecular flexibility index (Phi) is 3.61. The van der Waals surface area contributed by atoms with Gasteiger partial charge in [0.1, 0.15) is 0 Å². The number of nitriles is 1. The lowest BCUT2D eigenvalue weighted by atomic mass is 9.85. The standard InChI is InChI=1S/C16H22N2/c1-16(2,3)13-8-4-5-9-15(13)18-14-10-6-7-12(14)11-17/h4-5,8-9,12,14,18H,6-7,10H2,1-3H3. The lowest BCUT2D eigenvalue weighted by Crippen LogP contribution is -2.25. The summed E-state index contributed by atoms with van der Waals surface area (Å²) in [6, 6.07) is 11.2. The fourth-order valence-electron chi connectivity index (χ4n) is 2.75. The molecule has 1 aromatic rings. The topological polar surface area (TPSA) is 35.8 Å². The van der Waals surface area contributed by atoms with Gasteiger partial charge in [-0.1, -0.05) is 39.0 Å². The summed E-state index contributed by atoms with van der Waals surface area (Å²) < 4.78 is 0. The highest BCUT2D eigenvalue weighted by molar-refractivity contribution is 5.55. The highest BCUT2D eigenvalue weighted by Crippen LogP contribution is 2.33. The number of hydrogen-bond donors (Lipinski definition) is 1. The van der Waals surface area contributed by atoms with Crippen LogP contribution in [-0.4, -0.2) is 6.04 Å². The molecule has 0 radical (unpaired) electrons. The summed E-state index contributed by atoms with van der Waals surface area (Å²) in [7, 11) is 0. The van der Waals surface area contributed by atoms with E-state index in [1.165, 1.54) is 11.3 Å². The predicted octanol–water partition coefficient (Wildman–Crippen LogP) is 4.09. The van der Waals surface area contributed by atoms with Crippen molar-refractivity contribution in [2.24, 2.45) is 5.92 Å². The fraction of sp³-hybridized carbons (Fsp3) is 0.562. The molecule has 0 bridgehead atoms. The van der Waals surface area contributed by atoms with Crippen LogP contribution >= 0.6 is 0 Å². The molecule has 2 rings (SSSR count). The summed E-state index contributed by atoms with van der Waals surface area (Å²) in [6.07, 6.45) is 3.30. The smallest absolute Gasteiger partial charge is 0.0677 e. The SMILES string of the molecule is CC(C)(C)c1ccccc1NC1CCCC1C#N. The minimum absolute atomic E-state index is 0.129. The summed E-state index contributed by atoms with van der Waals surface area (Å²) in [5, 5.41) is 12.7. The van der Waals surface area contributed by atoms with E-state index >= 15 is 0 Å². The summed E-state index contributed by atoms with van der Waals surface area (Å²) in [5.74, 6) is 0.165. The van der Waals surface area contributed by atoms with Gasteiger partial charge in [0.25, 0.3) is 0 Å². The second kappa shape index (κ2) is 5.02. The Labute approximate surface area is 110 Å². The molecule has 2 nitrogen and oxygen atoms in total. The van der Waals surface area contributed by atoms with Crippen molar-refractivity contribution in [3.05, 3.63) is 29.8 Å². The van der Waals surface area contributed by atoms with Crippen molar-refractivity contribution in [2.75, 3.05) is 5.32 Å². The van der Waals surface area contributed by atoms with Crippen LogP contribution in [0.1, 0.15) is 45.6 Å². The number of hydrogen-bond acceptors (Lipinski definition) is 2. The second-order valence-electron chi connectivity index (χ2n) is 6.21. The van der Waals surface area contributed by atoms with Crippen LogP contribution < -0.4 is 5.32 Å². The zero-order valence-corrected chi connectivity index (χ0v) is 11.5. The van der Waals surface area contributed by atoms with Gasteiger partial charge in [0, 0.05) is 11.7 Å². The third kappa shape index (κ3) is 2.67. The molecule has 1 aromatic carbocycles. The predicted molar refractivity (Wildman–Crippen MR) is 75.5 cm³/mol. The van der Waals surface area contributed by atoms with Crippen molar-refractivity contribution in [3.63, 3.8) is 0 Å². The van der Waals surface area contributed by atoms with E-state index in [0.29, 0.717) is 6.04 Å². The Morgan fingerprint density at radius 3 is 2.61 bits per heavy atom. The molecule has 18 heavy (non-hydrogen) atoms. The maximum atomic E-state index is 9.15. The van der Waals surface area contributed by atoms with Gasteiger partial charge >= 0.3 is 0 Å². The normalized spacial score (nSPS) is 23.7. The summed E-state index contributed by atoms with van der Waals surface area (Å²) in [6.45, 7) is 6.68. The van der Waals surface area contributed by atoms with Gasteiger partial charge in [-0.15, -0.1) is 0 Å². The third-order valence-electron chi connectivity index (χ3n) is 3.76. The largest absolute Gasteiger partial charge is 0.381 e. The average molecular weight is 242 g/mol. The lowest BCUT2D eigenvalue weighted by molar-refractivity contribution is 0.584. The Balaban J connectivity index is 2.22. The summed E-state index contributed by atoms with van der Waals surface area (Å²) in [5.41, 5.74) is 2.65. The van der Waals surface area contributed by atoms with Crippen molar-refractivity contribution >= 4 is 5.69 Å².